The molecule has 4 N–H and O–H groups in total. The molecule has 0 aliphatic rings. The SMILES string of the molecule is N=C(NN=Cc1ccc(F)cc1)NN=Cc1ccc(F)cc1.O=[N+]([O-])O. The predicted molar refractivity (Wildman–Crippen MR) is 90.8 cm³/mol. The number of benzene rings is 2. The molecule has 0 fully saturated rings. The number of hydrogen-bond acceptors (Lipinski definition) is 5. The van der Waals surface area contributed by atoms with Crippen molar-refractivity contribution in [3.05, 3.63) is 81.4 Å². The van der Waals surface area contributed by atoms with Crippen LogP contribution in [0, 0.1) is 27.2 Å². The number of nitrogens with zero attached hydrogens (tertiary/aromatic N) is 3. The minimum absolute atomic E-state index is 0.142. The number of halogens is 2. The van der Waals surface area contributed by atoms with Crippen molar-refractivity contribution in [1.29, 1.82) is 5.41 Å². The van der Waals surface area contributed by atoms with Crippen molar-refractivity contribution in [3.63, 3.8) is 0 Å². The van der Waals surface area contributed by atoms with Gasteiger partial charge < -0.3 is 5.21 Å². The van der Waals surface area contributed by atoms with E-state index in [0.717, 1.165) is 0 Å². The first-order valence-electron chi connectivity index (χ1n) is 6.88. The molecule has 2 aromatic rings. The maximum atomic E-state index is 12.7. The lowest BCUT2D eigenvalue weighted by atomic mass is 10.2. The topological polar surface area (TPSA) is 136 Å². The highest BCUT2D eigenvalue weighted by atomic mass is 19.1. The van der Waals surface area contributed by atoms with Gasteiger partial charge in [-0.3, -0.25) is 5.41 Å². The van der Waals surface area contributed by atoms with Crippen LogP contribution in [0.5, 0.6) is 0 Å². The molecule has 136 valence electrons. The van der Waals surface area contributed by atoms with Crippen molar-refractivity contribution >= 4 is 18.4 Å². The molecular formula is C15H14F2N6O3. The fourth-order valence-electron chi connectivity index (χ4n) is 1.47. The number of nitrogens with one attached hydrogen (secondary N) is 3. The molecule has 0 heterocycles. The molecular weight excluding hydrogens is 350 g/mol. The average Bonchev–Trinajstić information content (AvgIpc) is 2.58. The first-order valence-corrected chi connectivity index (χ1v) is 6.88. The van der Waals surface area contributed by atoms with E-state index >= 15 is 0 Å². The summed E-state index contributed by atoms with van der Waals surface area (Å²) in [5.41, 5.74) is 6.21. The van der Waals surface area contributed by atoms with E-state index in [1.807, 2.05) is 0 Å². The van der Waals surface area contributed by atoms with E-state index < -0.39 is 5.09 Å². The fourth-order valence-corrected chi connectivity index (χ4v) is 1.47. The second-order valence-electron chi connectivity index (χ2n) is 4.46. The van der Waals surface area contributed by atoms with Crippen LogP contribution >= 0.6 is 0 Å². The van der Waals surface area contributed by atoms with E-state index in [1.165, 1.54) is 36.7 Å². The van der Waals surface area contributed by atoms with Gasteiger partial charge in [0.05, 0.1) is 12.4 Å². The van der Waals surface area contributed by atoms with Crippen LogP contribution in [0.25, 0.3) is 0 Å². The van der Waals surface area contributed by atoms with Crippen LogP contribution in [0.4, 0.5) is 8.78 Å². The Balaban J connectivity index is 0.000000765. The number of hydrogen-bond donors (Lipinski definition) is 4. The smallest absolute Gasteiger partial charge is 0.291 e. The van der Waals surface area contributed by atoms with Gasteiger partial charge in [-0.1, -0.05) is 24.3 Å². The summed E-state index contributed by atoms with van der Waals surface area (Å²) in [6.45, 7) is 0. The van der Waals surface area contributed by atoms with Crippen molar-refractivity contribution in [3.8, 4) is 0 Å². The van der Waals surface area contributed by atoms with Gasteiger partial charge in [0.15, 0.2) is 0 Å². The van der Waals surface area contributed by atoms with Crippen LogP contribution in [-0.4, -0.2) is 28.7 Å². The predicted octanol–water partition coefficient (Wildman–Crippen LogP) is 2.10. The Hall–Kier alpha value is -3.89. The van der Waals surface area contributed by atoms with E-state index in [9.17, 15) is 8.78 Å². The normalized spacial score (nSPS) is 10.2. The van der Waals surface area contributed by atoms with Gasteiger partial charge >= 0.3 is 0 Å². The van der Waals surface area contributed by atoms with Crippen molar-refractivity contribution in [1.82, 2.24) is 10.9 Å². The summed E-state index contributed by atoms with van der Waals surface area (Å²) in [5.74, 6) is -0.791. The summed E-state index contributed by atoms with van der Waals surface area (Å²) in [6, 6.07) is 11.5. The molecule has 2 rings (SSSR count). The number of guanidine groups is 1. The average molecular weight is 364 g/mol. The molecule has 0 aliphatic heterocycles. The molecule has 0 amide bonds. The summed E-state index contributed by atoms with van der Waals surface area (Å²) in [7, 11) is 0. The van der Waals surface area contributed by atoms with Crippen LogP contribution < -0.4 is 10.9 Å². The molecule has 2 aromatic carbocycles. The van der Waals surface area contributed by atoms with Gasteiger partial charge in [-0.25, -0.2) is 19.6 Å². The van der Waals surface area contributed by atoms with Crippen molar-refractivity contribution in [2.45, 2.75) is 0 Å². The second-order valence-corrected chi connectivity index (χ2v) is 4.46. The molecule has 0 unspecified atom stereocenters. The summed E-state index contributed by atoms with van der Waals surface area (Å²) in [5, 5.41) is 28.8. The second kappa shape index (κ2) is 10.8. The molecule has 0 aliphatic carbocycles. The van der Waals surface area contributed by atoms with Crippen molar-refractivity contribution in [2.24, 2.45) is 10.2 Å². The molecule has 0 spiro atoms. The minimum atomic E-state index is -1.50. The van der Waals surface area contributed by atoms with Gasteiger partial charge in [0, 0.05) is 0 Å². The Bertz CT molecular complexity index is 715. The zero-order valence-electron chi connectivity index (χ0n) is 13.1. The van der Waals surface area contributed by atoms with Crippen molar-refractivity contribution in [2.75, 3.05) is 0 Å². The summed E-state index contributed by atoms with van der Waals surface area (Å²) in [4.78, 5) is 8.36. The maximum absolute atomic E-state index is 12.7. The first-order chi connectivity index (χ1) is 12.4. The van der Waals surface area contributed by atoms with Gasteiger partial charge in [0.25, 0.3) is 5.09 Å². The van der Waals surface area contributed by atoms with Crippen LogP contribution in [0.1, 0.15) is 11.1 Å². The van der Waals surface area contributed by atoms with Gasteiger partial charge in [-0.05, 0) is 35.4 Å². The molecule has 26 heavy (non-hydrogen) atoms. The van der Waals surface area contributed by atoms with Crippen molar-refractivity contribution < 1.29 is 19.1 Å². The Morgan fingerprint density at radius 3 is 1.58 bits per heavy atom. The van der Waals surface area contributed by atoms with Crippen LogP contribution in [0.15, 0.2) is 58.7 Å². The molecule has 0 saturated heterocycles. The van der Waals surface area contributed by atoms with Gasteiger partial charge in [-0.2, -0.15) is 10.2 Å². The third-order valence-electron chi connectivity index (χ3n) is 2.52. The lowest BCUT2D eigenvalue weighted by Gasteiger charge is -2.00. The Labute approximate surface area is 146 Å². The monoisotopic (exact) mass is 364 g/mol. The lowest BCUT2D eigenvalue weighted by Crippen LogP contribution is -2.29. The zero-order chi connectivity index (χ0) is 19.4. The highest BCUT2D eigenvalue weighted by Gasteiger charge is 1.92. The zero-order valence-corrected chi connectivity index (χ0v) is 13.1. The first kappa shape index (κ1) is 20.2. The van der Waals surface area contributed by atoms with E-state index in [-0.39, 0.29) is 17.6 Å². The van der Waals surface area contributed by atoms with E-state index in [1.54, 1.807) is 24.3 Å². The highest BCUT2D eigenvalue weighted by Crippen LogP contribution is 2.00. The molecule has 11 heteroatoms. The minimum Gasteiger partial charge on any atom is -0.328 e. The van der Waals surface area contributed by atoms with Gasteiger partial charge in [-0.15, -0.1) is 10.1 Å². The quantitative estimate of drug-likeness (QED) is 0.285. The van der Waals surface area contributed by atoms with E-state index in [0.29, 0.717) is 11.1 Å². The number of hydrazone groups is 2. The number of rotatable bonds is 4. The molecule has 0 radical (unpaired) electrons. The molecule has 0 atom stereocenters. The Kier molecular flexibility index (Phi) is 8.38. The molecule has 0 bridgehead atoms. The largest absolute Gasteiger partial charge is 0.328 e. The van der Waals surface area contributed by atoms with E-state index in [4.69, 9.17) is 20.7 Å². The third-order valence-corrected chi connectivity index (χ3v) is 2.52. The fraction of sp³-hybridized carbons (Fsp3) is 0. The molecule has 9 nitrogen and oxygen atoms in total. The maximum Gasteiger partial charge on any atom is 0.291 e. The summed E-state index contributed by atoms with van der Waals surface area (Å²) < 4.78 is 25.4. The summed E-state index contributed by atoms with van der Waals surface area (Å²) >= 11 is 0. The standard InChI is InChI=1S/C15H13F2N5.HNO3/c16-13-5-1-11(2-6-13)9-19-21-15(18)22-20-10-12-3-7-14(17)8-4-12;2-1(3)4/h1-10H,(H3,18,21,22);(H,2,3,4). The Morgan fingerprint density at radius 2 is 1.27 bits per heavy atom. The van der Waals surface area contributed by atoms with Gasteiger partial charge in [0.1, 0.15) is 11.6 Å². The van der Waals surface area contributed by atoms with Gasteiger partial charge in [0.2, 0.25) is 5.96 Å². The Morgan fingerprint density at radius 1 is 0.962 bits per heavy atom. The van der Waals surface area contributed by atoms with Crippen LogP contribution in [-0.2, 0) is 0 Å². The van der Waals surface area contributed by atoms with E-state index in [2.05, 4.69) is 21.1 Å². The molecule has 0 aromatic heterocycles. The van der Waals surface area contributed by atoms with Crippen LogP contribution in [0.3, 0.4) is 0 Å². The third kappa shape index (κ3) is 9.29. The highest BCUT2D eigenvalue weighted by molar-refractivity contribution is 5.84. The lowest BCUT2D eigenvalue weighted by molar-refractivity contribution is -0.742. The van der Waals surface area contributed by atoms with Crippen LogP contribution in [0.2, 0.25) is 0 Å². The summed E-state index contributed by atoms with van der Waals surface area (Å²) in [6.07, 6.45) is 2.89. The molecule has 0 saturated carbocycles.